The summed E-state index contributed by atoms with van der Waals surface area (Å²) in [5.74, 6) is 0. The first kappa shape index (κ1) is 21.0. The molecular formula is C15H31Cl3OSi. The fourth-order valence-electron chi connectivity index (χ4n) is 2.38. The monoisotopic (exact) mass is 360 g/mol. The summed E-state index contributed by atoms with van der Waals surface area (Å²) in [6.45, 7) is 0.351. The smallest absolute Gasteiger partial charge is 0.341 e. The third-order valence-corrected chi connectivity index (χ3v) is 6.24. The lowest BCUT2D eigenvalue weighted by Crippen LogP contribution is -2.07. The van der Waals surface area contributed by atoms with Gasteiger partial charge in [0.25, 0.3) is 0 Å². The molecule has 0 spiro atoms. The first-order valence-electron chi connectivity index (χ1n) is 8.24. The summed E-state index contributed by atoms with van der Waals surface area (Å²) in [6.07, 6.45) is 16.5. The van der Waals surface area contributed by atoms with Crippen molar-refractivity contribution >= 4 is 39.2 Å². The third-order valence-electron chi connectivity index (χ3n) is 3.62. The topological polar surface area (TPSA) is 20.2 Å². The SMILES string of the molecule is OCCCCCCCCCCCCCCC[Si](Cl)(Cl)Cl. The Hall–Kier alpha value is 1.05. The van der Waals surface area contributed by atoms with Gasteiger partial charge in [-0.25, -0.2) is 0 Å². The Morgan fingerprint density at radius 3 is 1.10 bits per heavy atom. The molecule has 0 aliphatic heterocycles. The second-order valence-corrected chi connectivity index (χ2v) is 15.0. The van der Waals surface area contributed by atoms with E-state index in [4.69, 9.17) is 38.3 Å². The number of unbranched alkanes of at least 4 members (excludes halogenated alkanes) is 12. The summed E-state index contributed by atoms with van der Waals surface area (Å²) in [7, 11) is 0. The molecule has 0 saturated heterocycles. The van der Waals surface area contributed by atoms with Crippen molar-refractivity contribution in [3.63, 3.8) is 0 Å². The second kappa shape index (κ2) is 15.0. The van der Waals surface area contributed by atoms with E-state index in [2.05, 4.69) is 0 Å². The summed E-state index contributed by atoms with van der Waals surface area (Å²) < 4.78 is 0. The standard InChI is InChI=1S/C15H31Cl3OSi/c16-20(17,18)15-13-11-9-7-5-3-1-2-4-6-8-10-12-14-19/h19H,1-15H2. The Bertz CT molecular complexity index is 198. The van der Waals surface area contributed by atoms with E-state index in [0.29, 0.717) is 6.61 Å². The molecule has 0 saturated carbocycles. The molecule has 0 fully saturated rings. The van der Waals surface area contributed by atoms with Gasteiger partial charge in [0.2, 0.25) is 0 Å². The highest BCUT2D eigenvalue weighted by molar-refractivity contribution is 7.64. The fraction of sp³-hybridized carbons (Fsp3) is 1.00. The average molecular weight is 362 g/mol. The summed E-state index contributed by atoms with van der Waals surface area (Å²) in [4.78, 5) is 0. The van der Waals surface area contributed by atoms with Crippen LogP contribution in [0, 0.1) is 0 Å². The van der Waals surface area contributed by atoms with Gasteiger partial charge in [-0.15, -0.1) is 33.2 Å². The molecule has 0 aliphatic rings. The molecule has 0 unspecified atom stereocenters. The Morgan fingerprint density at radius 1 is 0.500 bits per heavy atom. The van der Waals surface area contributed by atoms with E-state index in [0.717, 1.165) is 18.9 Å². The zero-order chi connectivity index (χ0) is 15.1. The van der Waals surface area contributed by atoms with E-state index in [-0.39, 0.29) is 0 Å². The van der Waals surface area contributed by atoms with Crippen LogP contribution in [0.1, 0.15) is 83.5 Å². The van der Waals surface area contributed by atoms with Crippen molar-refractivity contribution < 1.29 is 5.11 Å². The first-order chi connectivity index (χ1) is 9.56. The third kappa shape index (κ3) is 19.0. The first-order valence-corrected chi connectivity index (χ1v) is 13.5. The second-order valence-electron chi connectivity index (χ2n) is 5.68. The molecule has 0 aromatic heterocycles. The number of aliphatic hydroxyl groups is 1. The minimum absolute atomic E-state index is 0.351. The quantitative estimate of drug-likeness (QED) is 0.195. The number of halogens is 3. The van der Waals surface area contributed by atoms with Crippen LogP contribution in [-0.2, 0) is 0 Å². The van der Waals surface area contributed by atoms with Crippen molar-refractivity contribution in [3.8, 4) is 0 Å². The van der Waals surface area contributed by atoms with Crippen molar-refractivity contribution in [1.29, 1.82) is 0 Å². The maximum Gasteiger partial charge on any atom is 0.341 e. The van der Waals surface area contributed by atoms with Crippen LogP contribution in [0.2, 0.25) is 6.04 Å². The van der Waals surface area contributed by atoms with E-state index < -0.39 is 6.00 Å². The van der Waals surface area contributed by atoms with Crippen molar-refractivity contribution in [2.24, 2.45) is 0 Å². The van der Waals surface area contributed by atoms with Crippen LogP contribution in [0.15, 0.2) is 0 Å². The van der Waals surface area contributed by atoms with Gasteiger partial charge < -0.3 is 5.11 Å². The molecule has 20 heavy (non-hydrogen) atoms. The van der Waals surface area contributed by atoms with Gasteiger partial charge in [0.1, 0.15) is 0 Å². The van der Waals surface area contributed by atoms with Gasteiger partial charge in [-0.1, -0.05) is 77.0 Å². The summed E-state index contributed by atoms with van der Waals surface area (Å²) in [6, 6.07) is -1.54. The largest absolute Gasteiger partial charge is 0.396 e. The predicted octanol–water partition coefficient (Wildman–Crippen LogP) is 6.71. The molecule has 0 aromatic rings. The maximum atomic E-state index is 8.67. The number of hydrogen-bond acceptors (Lipinski definition) is 1. The zero-order valence-electron chi connectivity index (χ0n) is 12.7. The molecule has 1 N–H and O–H groups in total. The number of aliphatic hydroxyl groups excluding tert-OH is 1. The molecule has 0 bridgehead atoms. The number of rotatable bonds is 15. The van der Waals surface area contributed by atoms with Crippen LogP contribution in [0.25, 0.3) is 0 Å². The van der Waals surface area contributed by atoms with E-state index in [9.17, 15) is 0 Å². The van der Waals surface area contributed by atoms with E-state index >= 15 is 0 Å². The Labute approximate surface area is 140 Å². The number of hydrogen-bond donors (Lipinski definition) is 1. The normalized spacial score (nSPS) is 12.0. The van der Waals surface area contributed by atoms with Gasteiger partial charge >= 0.3 is 6.00 Å². The molecular weight excluding hydrogens is 331 g/mol. The Kier molecular flexibility index (Phi) is 15.7. The van der Waals surface area contributed by atoms with E-state index in [1.807, 2.05) is 0 Å². The van der Waals surface area contributed by atoms with Gasteiger partial charge in [-0.05, 0) is 12.5 Å². The van der Waals surface area contributed by atoms with Gasteiger partial charge in [-0.2, -0.15) is 0 Å². The van der Waals surface area contributed by atoms with Crippen molar-refractivity contribution in [2.45, 2.75) is 89.5 Å². The minimum atomic E-state index is -2.36. The highest BCUT2D eigenvalue weighted by Gasteiger charge is 2.23. The molecule has 0 radical (unpaired) electrons. The molecule has 0 aromatic carbocycles. The predicted molar refractivity (Wildman–Crippen MR) is 95.2 cm³/mol. The summed E-state index contributed by atoms with van der Waals surface area (Å²) >= 11 is 17.5. The Morgan fingerprint density at radius 2 is 0.800 bits per heavy atom. The van der Waals surface area contributed by atoms with Crippen molar-refractivity contribution in [1.82, 2.24) is 0 Å². The van der Waals surface area contributed by atoms with Crippen molar-refractivity contribution in [2.75, 3.05) is 6.61 Å². The molecule has 0 rings (SSSR count). The lowest BCUT2D eigenvalue weighted by atomic mass is 10.0. The lowest BCUT2D eigenvalue weighted by molar-refractivity contribution is 0.282. The van der Waals surface area contributed by atoms with Crippen LogP contribution in [0.5, 0.6) is 0 Å². The highest BCUT2D eigenvalue weighted by Crippen LogP contribution is 2.27. The maximum absolute atomic E-state index is 8.67. The molecule has 1 nitrogen and oxygen atoms in total. The van der Waals surface area contributed by atoms with Gasteiger partial charge in [0, 0.05) is 6.61 Å². The average Bonchev–Trinajstić information content (AvgIpc) is 2.38. The van der Waals surface area contributed by atoms with Gasteiger partial charge in [-0.3, -0.25) is 0 Å². The summed E-state index contributed by atoms with van der Waals surface area (Å²) in [5.41, 5.74) is 0. The van der Waals surface area contributed by atoms with Gasteiger partial charge in [0.15, 0.2) is 0 Å². The molecule has 5 heteroatoms. The van der Waals surface area contributed by atoms with Crippen LogP contribution < -0.4 is 0 Å². The molecule has 0 atom stereocenters. The van der Waals surface area contributed by atoms with E-state index in [1.165, 1.54) is 70.6 Å². The summed E-state index contributed by atoms with van der Waals surface area (Å²) in [5, 5.41) is 8.67. The van der Waals surface area contributed by atoms with Crippen LogP contribution in [-0.4, -0.2) is 17.7 Å². The molecule has 0 amide bonds. The lowest BCUT2D eigenvalue weighted by Gasteiger charge is -2.06. The van der Waals surface area contributed by atoms with Crippen LogP contribution in [0.3, 0.4) is 0 Å². The van der Waals surface area contributed by atoms with Crippen LogP contribution >= 0.6 is 33.2 Å². The molecule has 0 heterocycles. The zero-order valence-corrected chi connectivity index (χ0v) is 16.0. The molecule has 0 aliphatic carbocycles. The van der Waals surface area contributed by atoms with Crippen molar-refractivity contribution in [3.05, 3.63) is 0 Å². The van der Waals surface area contributed by atoms with Gasteiger partial charge in [0.05, 0.1) is 0 Å². The van der Waals surface area contributed by atoms with Crippen LogP contribution in [0.4, 0.5) is 0 Å². The van der Waals surface area contributed by atoms with E-state index in [1.54, 1.807) is 0 Å². The minimum Gasteiger partial charge on any atom is -0.396 e. The molecule has 122 valence electrons. The Balaban J connectivity index is 2.99. The highest BCUT2D eigenvalue weighted by atomic mass is 35.8. The fourth-order valence-corrected chi connectivity index (χ4v) is 4.24.